The molecule has 0 heterocycles. The molecule has 2 rings (SSSR count). The Bertz CT molecular complexity index is 1040. The molecule has 11 nitrogen and oxygen atoms in total. The molecule has 0 fully saturated rings. The van der Waals surface area contributed by atoms with E-state index in [0.29, 0.717) is 17.5 Å². The second-order valence-electron chi connectivity index (χ2n) is 6.19. The number of carboxylic acids is 1. The molecule has 0 saturated heterocycles. The van der Waals surface area contributed by atoms with E-state index in [1.54, 1.807) is 24.3 Å². The van der Waals surface area contributed by atoms with Gasteiger partial charge in [0.1, 0.15) is 0 Å². The quantitative estimate of drug-likeness (QED) is 0.220. The molecule has 0 aliphatic heterocycles. The lowest BCUT2D eigenvalue weighted by atomic mass is 10.1. The molecular formula is C21H21N3O8. The van der Waals surface area contributed by atoms with E-state index >= 15 is 0 Å². The van der Waals surface area contributed by atoms with E-state index in [1.807, 2.05) is 0 Å². The van der Waals surface area contributed by atoms with Crippen molar-refractivity contribution in [3.8, 4) is 17.2 Å². The molecule has 2 aromatic rings. The highest BCUT2D eigenvalue weighted by Gasteiger charge is 2.15. The van der Waals surface area contributed by atoms with E-state index in [0.717, 1.165) is 0 Å². The number of nitrogens with one attached hydrogen (secondary N) is 1. The summed E-state index contributed by atoms with van der Waals surface area (Å²) in [6, 6.07) is 8.93. The van der Waals surface area contributed by atoms with Crippen molar-refractivity contribution < 1.29 is 33.8 Å². The summed E-state index contributed by atoms with van der Waals surface area (Å²) in [6.45, 7) is 2.65. The minimum absolute atomic E-state index is 0.0348. The van der Waals surface area contributed by atoms with Crippen molar-refractivity contribution in [1.29, 1.82) is 0 Å². The molecule has 0 radical (unpaired) electrons. The zero-order valence-electron chi connectivity index (χ0n) is 17.1. The molecule has 0 aromatic heterocycles. The van der Waals surface area contributed by atoms with Gasteiger partial charge < -0.3 is 19.3 Å². The van der Waals surface area contributed by atoms with E-state index in [2.05, 4.69) is 17.1 Å². The molecule has 0 spiro atoms. The highest BCUT2D eigenvalue weighted by Crippen LogP contribution is 2.33. The Morgan fingerprint density at radius 3 is 2.62 bits per heavy atom. The van der Waals surface area contributed by atoms with Crippen LogP contribution in [-0.4, -0.2) is 48.4 Å². The maximum atomic E-state index is 12.0. The van der Waals surface area contributed by atoms with Crippen molar-refractivity contribution in [2.24, 2.45) is 5.10 Å². The van der Waals surface area contributed by atoms with Crippen LogP contribution < -0.4 is 19.6 Å². The van der Waals surface area contributed by atoms with Gasteiger partial charge in [0.05, 0.1) is 18.2 Å². The average molecular weight is 443 g/mol. The van der Waals surface area contributed by atoms with Gasteiger partial charge in [0.25, 0.3) is 5.91 Å². The second kappa shape index (κ2) is 11.7. The summed E-state index contributed by atoms with van der Waals surface area (Å²) in [5.41, 5.74) is 3.17. The Hall–Kier alpha value is -4.41. The third-order valence-corrected chi connectivity index (χ3v) is 3.90. The van der Waals surface area contributed by atoms with Gasteiger partial charge in [-0.1, -0.05) is 18.2 Å². The second-order valence-corrected chi connectivity index (χ2v) is 6.19. The van der Waals surface area contributed by atoms with Crippen LogP contribution in [0.4, 0.5) is 5.69 Å². The van der Waals surface area contributed by atoms with E-state index in [1.165, 1.54) is 31.5 Å². The number of nitro benzene ring substituents is 1. The van der Waals surface area contributed by atoms with Crippen LogP contribution >= 0.6 is 0 Å². The number of nitro groups is 1. The number of hydrogen-bond acceptors (Lipinski definition) is 8. The summed E-state index contributed by atoms with van der Waals surface area (Å²) in [5, 5.41) is 23.7. The summed E-state index contributed by atoms with van der Waals surface area (Å²) >= 11 is 0. The Kier molecular flexibility index (Phi) is 8.72. The number of para-hydroxylation sites is 2. The highest BCUT2D eigenvalue weighted by atomic mass is 16.6. The molecule has 2 aromatic carbocycles. The highest BCUT2D eigenvalue weighted by molar-refractivity contribution is 5.84. The lowest BCUT2D eigenvalue weighted by Crippen LogP contribution is -2.24. The van der Waals surface area contributed by atoms with Crippen LogP contribution in [0.1, 0.15) is 11.1 Å². The van der Waals surface area contributed by atoms with Crippen molar-refractivity contribution in [3.05, 3.63) is 70.3 Å². The zero-order chi connectivity index (χ0) is 23.5. The minimum atomic E-state index is -1.13. The fourth-order valence-corrected chi connectivity index (χ4v) is 2.60. The van der Waals surface area contributed by atoms with E-state index in [4.69, 9.17) is 19.3 Å². The predicted octanol–water partition coefficient (Wildman–Crippen LogP) is 2.32. The number of allylic oxidation sites excluding steroid dienone is 1. The summed E-state index contributed by atoms with van der Waals surface area (Å²) < 4.78 is 15.8. The fraction of sp³-hybridized carbons (Fsp3) is 0.190. The molecule has 11 heteroatoms. The number of carbonyl (C=O) groups excluding carboxylic acids is 1. The van der Waals surface area contributed by atoms with Crippen molar-refractivity contribution >= 4 is 23.8 Å². The van der Waals surface area contributed by atoms with Crippen molar-refractivity contribution in [3.63, 3.8) is 0 Å². The van der Waals surface area contributed by atoms with Gasteiger partial charge in [-0.3, -0.25) is 14.9 Å². The molecule has 0 aliphatic carbocycles. The van der Waals surface area contributed by atoms with Crippen LogP contribution in [0, 0.1) is 10.1 Å². The molecule has 168 valence electrons. The van der Waals surface area contributed by atoms with Crippen LogP contribution in [0.3, 0.4) is 0 Å². The molecule has 0 unspecified atom stereocenters. The maximum Gasteiger partial charge on any atom is 0.341 e. The first-order valence-corrected chi connectivity index (χ1v) is 9.20. The van der Waals surface area contributed by atoms with E-state index < -0.39 is 30.0 Å². The first-order chi connectivity index (χ1) is 15.3. The maximum absolute atomic E-state index is 12.0. The topological polar surface area (TPSA) is 150 Å². The summed E-state index contributed by atoms with van der Waals surface area (Å²) in [6.07, 6.45) is 3.34. The molecule has 0 aliphatic rings. The normalized spacial score (nSPS) is 10.4. The third-order valence-electron chi connectivity index (χ3n) is 3.90. The number of ether oxygens (including phenoxy) is 3. The Labute approximate surface area is 183 Å². The summed E-state index contributed by atoms with van der Waals surface area (Å²) in [5.74, 6) is -1.23. The first-order valence-electron chi connectivity index (χ1n) is 9.20. The number of hydrogen-bond donors (Lipinski definition) is 2. The van der Waals surface area contributed by atoms with Gasteiger partial charge in [-0.2, -0.15) is 5.10 Å². The monoisotopic (exact) mass is 443 g/mol. The molecule has 0 saturated carbocycles. The SMILES string of the molecule is C=CCc1cc(/C=N/NC(=O)COc2ccccc2[N+](=O)[O-])cc(OC)c1OCC(=O)O. The number of nitrogens with zero attached hydrogens (tertiary/aromatic N) is 2. The molecule has 32 heavy (non-hydrogen) atoms. The van der Waals surface area contributed by atoms with E-state index in [9.17, 15) is 19.7 Å². The van der Waals surface area contributed by atoms with Crippen LogP contribution in [0.2, 0.25) is 0 Å². The Balaban J connectivity index is 2.06. The molecule has 2 N–H and O–H groups in total. The van der Waals surface area contributed by atoms with Gasteiger partial charge in [0.2, 0.25) is 0 Å². The smallest absolute Gasteiger partial charge is 0.341 e. The van der Waals surface area contributed by atoms with E-state index in [-0.39, 0.29) is 22.9 Å². The number of carbonyl (C=O) groups is 2. The minimum Gasteiger partial charge on any atom is -0.493 e. The van der Waals surface area contributed by atoms with Crippen molar-refractivity contribution in [1.82, 2.24) is 5.43 Å². The fourth-order valence-electron chi connectivity index (χ4n) is 2.60. The first kappa shape index (κ1) is 23.9. The van der Waals surface area contributed by atoms with Gasteiger partial charge in [-0.15, -0.1) is 6.58 Å². The van der Waals surface area contributed by atoms with Crippen LogP contribution in [0.15, 0.2) is 54.2 Å². The molecule has 1 amide bonds. The predicted molar refractivity (Wildman–Crippen MR) is 114 cm³/mol. The molecular weight excluding hydrogens is 422 g/mol. The summed E-state index contributed by atoms with van der Waals surface area (Å²) in [7, 11) is 1.41. The van der Waals surface area contributed by atoms with Gasteiger partial charge in [-0.05, 0) is 30.2 Å². The van der Waals surface area contributed by atoms with Crippen LogP contribution in [0.25, 0.3) is 0 Å². The zero-order valence-corrected chi connectivity index (χ0v) is 17.1. The number of amides is 1. The van der Waals surface area contributed by atoms with Gasteiger partial charge >= 0.3 is 11.7 Å². The number of carboxylic acid groups (broad SMARTS) is 1. The van der Waals surface area contributed by atoms with Crippen molar-refractivity contribution in [2.45, 2.75) is 6.42 Å². The summed E-state index contributed by atoms with van der Waals surface area (Å²) in [4.78, 5) is 33.1. The van der Waals surface area contributed by atoms with Gasteiger partial charge in [-0.25, -0.2) is 10.2 Å². The number of hydrazone groups is 1. The standard InChI is InChI=1S/C21H21N3O8/c1-3-6-15-9-14(10-18(30-2)21(15)32-13-20(26)27)11-22-23-19(25)12-31-17-8-5-4-7-16(17)24(28)29/h3-5,7-11H,1,6,12-13H2,2H3,(H,23,25)(H,26,27)/b22-11+. The van der Waals surface area contributed by atoms with Crippen LogP contribution in [0.5, 0.6) is 17.2 Å². The average Bonchev–Trinajstić information content (AvgIpc) is 2.76. The van der Waals surface area contributed by atoms with Gasteiger partial charge in [0.15, 0.2) is 30.5 Å². The third kappa shape index (κ3) is 6.83. The molecule has 0 bridgehead atoms. The lowest BCUT2D eigenvalue weighted by Gasteiger charge is -2.14. The van der Waals surface area contributed by atoms with Gasteiger partial charge in [0, 0.05) is 11.6 Å². The largest absolute Gasteiger partial charge is 0.493 e. The number of benzene rings is 2. The number of aliphatic carboxylic acids is 1. The lowest BCUT2D eigenvalue weighted by molar-refractivity contribution is -0.385. The number of rotatable bonds is 12. The Morgan fingerprint density at radius 1 is 1.22 bits per heavy atom. The van der Waals surface area contributed by atoms with Crippen molar-refractivity contribution in [2.75, 3.05) is 20.3 Å². The number of methoxy groups -OCH3 is 1. The Morgan fingerprint density at radius 2 is 1.97 bits per heavy atom. The molecule has 0 atom stereocenters. The van der Waals surface area contributed by atoms with Crippen LogP contribution in [-0.2, 0) is 16.0 Å².